The molecule has 0 aromatic heterocycles. The van der Waals surface area contributed by atoms with Gasteiger partial charge in [-0.2, -0.15) is 0 Å². The molecule has 0 amide bonds. The van der Waals surface area contributed by atoms with Gasteiger partial charge in [-0.15, -0.1) is 0 Å². The van der Waals surface area contributed by atoms with Gasteiger partial charge >= 0.3 is 0 Å². The Morgan fingerprint density at radius 1 is 1.38 bits per heavy atom. The average Bonchev–Trinajstić information content (AvgIpc) is 2.96. The maximum atomic E-state index is 3.71. The molecular weight excluding hydrogens is 196 g/mol. The zero-order valence-corrected chi connectivity index (χ0v) is 11.4. The van der Waals surface area contributed by atoms with Gasteiger partial charge in [0.15, 0.2) is 0 Å². The van der Waals surface area contributed by atoms with Crippen molar-refractivity contribution < 1.29 is 0 Å². The smallest absolute Gasteiger partial charge is 0.0221 e. The van der Waals surface area contributed by atoms with E-state index in [1.807, 2.05) is 0 Å². The van der Waals surface area contributed by atoms with E-state index in [9.17, 15) is 0 Å². The fourth-order valence-electron chi connectivity index (χ4n) is 2.82. The van der Waals surface area contributed by atoms with Crippen molar-refractivity contribution in [2.45, 2.75) is 52.6 Å². The molecule has 16 heavy (non-hydrogen) atoms. The van der Waals surface area contributed by atoms with Crippen molar-refractivity contribution in [3.05, 3.63) is 0 Å². The van der Waals surface area contributed by atoms with Crippen LogP contribution in [0.4, 0.5) is 0 Å². The first kappa shape index (κ1) is 12.4. The van der Waals surface area contributed by atoms with Crippen LogP contribution in [0.15, 0.2) is 0 Å². The Morgan fingerprint density at radius 3 is 2.62 bits per heavy atom. The molecule has 2 nitrogen and oxygen atoms in total. The van der Waals surface area contributed by atoms with Crippen LogP contribution < -0.4 is 5.32 Å². The lowest BCUT2D eigenvalue weighted by atomic mass is 9.95. The highest BCUT2D eigenvalue weighted by Gasteiger charge is 2.37. The zero-order valence-electron chi connectivity index (χ0n) is 11.4. The molecule has 0 spiro atoms. The molecule has 1 aliphatic heterocycles. The lowest BCUT2D eigenvalue weighted by Gasteiger charge is -2.41. The van der Waals surface area contributed by atoms with Gasteiger partial charge < -0.3 is 5.32 Å². The van der Waals surface area contributed by atoms with E-state index in [0.717, 1.165) is 29.8 Å². The second-order valence-corrected chi connectivity index (χ2v) is 6.18. The lowest BCUT2D eigenvalue weighted by Crippen LogP contribution is -2.57. The number of nitrogens with one attached hydrogen (secondary N) is 1. The summed E-state index contributed by atoms with van der Waals surface area (Å²) in [5.41, 5.74) is 0. The molecule has 2 rings (SSSR count). The van der Waals surface area contributed by atoms with E-state index in [-0.39, 0.29) is 0 Å². The van der Waals surface area contributed by atoms with E-state index >= 15 is 0 Å². The Kier molecular flexibility index (Phi) is 3.91. The van der Waals surface area contributed by atoms with Crippen molar-refractivity contribution in [1.82, 2.24) is 10.2 Å². The quantitative estimate of drug-likeness (QED) is 0.788. The molecule has 0 aromatic rings. The number of nitrogens with zero attached hydrogens (tertiary/aromatic N) is 1. The molecule has 5 unspecified atom stereocenters. The standard InChI is InChI=1S/C14H28N2/c1-5-10(2)14-9-16(12(4)7-15-14)8-13-6-11(13)3/h10-15H,5-9H2,1-4H3. The van der Waals surface area contributed by atoms with E-state index in [4.69, 9.17) is 0 Å². The van der Waals surface area contributed by atoms with Crippen LogP contribution in [0.25, 0.3) is 0 Å². The molecule has 1 aliphatic carbocycles. The minimum atomic E-state index is 0.718. The first-order valence-electron chi connectivity index (χ1n) is 7.09. The Bertz CT molecular complexity index is 229. The second-order valence-electron chi connectivity index (χ2n) is 6.18. The van der Waals surface area contributed by atoms with Crippen molar-refractivity contribution in [2.24, 2.45) is 17.8 Å². The summed E-state index contributed by atoms with van der Waals surface area (Å²) in [7, 11) is 0. The minimum absolute atomic E-state index is 0.718. The second kappa shape index (κ2) is 5.05. The van der Waals surface area contributed by atoms with Crippen LogP contribution in [-0.4, -0.2) is 36.6 Å². The molecule has 0 aromatic carbocycles. The van der Waals surface area contributed by atoms with Crippen molar-refractivity contribution in [3.8, 4) is 0 Å². The molecule has 2 heteroatoms. The summed E-state index contributed by atoms with van der Waals surface area (Å²) in [6, 6.07) is 1.45. The molecule has 0 radical (unpaired) electrons. The molecule has 94 valence electrons. The van der Waals surface area contributed by atoms with Gasteiger partial charge in [0.25, 0.3) is 0 Å². The van der Waals surface area contributed by atoms with Crippen LogP contribution in [0.3, 0.4) is 0 Å². The predicted molar refractivity (Wildman–Crippen MR) is 69.6 cm³/mol. The van der Waals surface area contributed by atoms with E-state index < -0.39 is 0 Å². The van der Waals surface area contributed by atoms with Crippen LogP contribution in [-0.2, 0) is 0 Å². The first-order chi connectivity index (χ1) is 7.61. The van der Waals surface area contributed by atoms with Gasteiger partial charge in [-0.1, -0.05) is 27.2 Å². The van der Waals surface area contributed by atoms with Crippen LogP contribution in [0.5, 0.6) is 0 Å². The third-order valence-electron chi connectivity index (χ3n) is 4.81. The fraction of sp³-hybridized carbons (Fsp3) is 1.00. The zero-order chi connectivity index (χ0) is 11.7. The molecular formula is C14H28N2. The van der Waals surface area contributed by atoms with E-state index in [1.54, 1.807) is 0 Å². The summed E-state index contributed by atoms with van der Waals surface area (Å²) in [4.78, 5) is 2.72. The van der Waals surface area contributed by atoms with Crippen LogP contribution >= 0.6 is 0 Å². The minimum Gasteiger partial charge on any atom is -0.311 e. The maximum absolute atomic E-state index is 3.71. The summed E-state index contributed by atoms with van der Waals surface area (Å²) in [6.45, 7) is 13.2. The van der Waals surface area contributed by atoms with Gasteiger partial charge in [0, 0.05) is 31.7 Å². The van der Waals surface area contributed by atoms with Crippen molar-refractivity contribution in [1.29, 1.82) is 0 Å². The third kappa shape index (κ3) is 2.78. The number of piperazine rings is 1. The van der Waals surface area contributed by atoms with Gasteiger partial charge in [-0.3, -0.25) is 4.90 Å². The number of hydrogen-bond donors (Lipinski definition) is 1. The van der Waals surface area contributed by atoms with Crippen LogP contribution in [0.2, 0.25) is 0 Å². The first-order valence-corrected chi connectivity index (χ1v) is 7.09. The monoisotopic (exact) mass is 224 g/mol. The summed E-state index contributed by atoms with van der Waals surface area (Å²) in [6.07, 6.45) is 2.75. The Balaban J connectivity index is 1.84. The van der Waals surface area contributed by atoms with Crippen molar-refractivity contribution in [3.63, 3.8) is 0 Å². The predicted octanol–water partition coefficient (Wildman–Crippen LogP) is 2.35. The normalized spacial score (nSPS) is 42.0. The highest BCUT2D eigenvalue weighted by atomic mass is 15.2. The molecule has 0 bridgehead atoms. The Hall–Kier alpha value is -0.0800. The van der Waals surface area contributed by atoms with Crippen LogP contribution in [0, 0.1) is 17.8 Å². The summed E-state index contributed by atoms with van der Waals surface area (Å²) in [5.74, 6) is 2.80. The number of hydrogen-bond acceptors (Lipinski definition) is 2. The largest absolute Gasteiger partial charge is 0.311 e. The van der Waals surface area contributed by atoms with Gasteiger partial charge in [0.05, 0.1) is 0 Å². The van der Waals surface area contributed by atoms with E-state index in [0.29, 0.717) is 0 Å². The molecule has 1 saturated carbocycles. The molecule has 2 fully saturated rings. The summed E-state index contributed by atoms with van der Waals surface area (Å²) < 4.78 is 0. The lowest BCUT2D eigenvalue weighted by molar-refractivity contribution is 0.112. The fourth-order valence-corrected chi connectivity index (χ4v) is 2.82. The maximum Gasteiger partial charge on any atom is 0.0221 e. The summed E-state index contributed by atoms with van der Waals surface area (Å²) in [5, 5.41) is 3.71. The van der Waals surface area contributed by atoms with Crippen molar-refractivity contribution in [2.75, 3.05) is 19.6 Å². The molecule has 1 N–H and O–H groups in total. The average molecular weight is 224 g/mol. The molecule has 5 atom stereocenters. The Morgan fingerprint density at radius 2 is 2.06 bits per heavy atom. The van der Waals surface area contributed by atoms with Gasteiger partial charge in [-0.25, -0.2) is 0 Å². The summed E-state index contributed by atoms with van der Waals surface area (Å²) >= 11 is 0. The topological polar surface area (TPSA) is 15.3 Å². The number of rotatable bonds is 4. The van der Waals surface area contributed by atoms with Gasteiger partial charge in [0.2, 0.25) is 0 Å². The highest BCUT2D eigenvalue weighted by Crippen LogP contribution is 2.38. The SMILES string of the molecule is CCC(C)C1CN(CC2CC2C)C(C)CN1. The third-order valence-corrected chi connectivity index (χ3v) is 4.81. The Labute approximate surface area is 101 Å². The van der Waals surface area contributed by atoms with Crippen molar-refractivity contribution >= 4 is 0 Å². The van der Waals surface area contributed by atoms with Crippen LogP contribution in [0.1, 0.15) is 40.5 Å². The molecule has 2 aliphatic rings. The van der Waals surface area contributed by atoms with Gasteiger partial charge in [0.1, 0.15) is 0 Å². The van der Waals surface area contributed by atoms with E-state index in [2.05, 4.69) is 37.9 Å². The van der Waals surface area contributed by atoms with Gasteiger partial charge in [-0.05, 0) is 31.1 Å². The van der Waals surface area contributed by atoms with E-state index in [1.165, 1.54) is 32.5 Å². The highest BCUT2D eigenvalue weighted by molar-refractivity contribution is 4.91. The molecule has 1 saturated heterocycles. The molecule has 1 heterocycles.